The van der Waals surface area contributed by atoms with E-state index in [-0.39, 0.29) is 0 Å². The van der Waals surface area contributed by atoms with Crippen LogP contribution in [0, 0.1) is 5.92 Å². The van der Waals surface area contributed by atoms with Crippen LogP contribution in [0.1, 0.15) is 50.3 Å². The van der Waals surface area contributed by atoms with Gasteiger partial charge in [0.05, 0.1) is 11.7 Å². The molecule has 3 rings (SSSR count). The van der Waals surface area contributed by atoms with E-state index in [1.165, 1.54) is 44.2 Å². The first-order valence-corrected chi connectivity index (χ1v) is 8.14. The predicted molar refractivity (Wildman–Crippen MR) is 79.8 cm³/mol. The number of ether oxygens (including phenoxy) is 1. The summed E-state index contributed by atoms with van der Waals surface area (Å²) in [6.45, 7) is 1.88. The molecule has 1 saturated carbocycles. The predicted octanol–water partition coefficient (Wildman–Crippen LogP) is 2.56. The van der Waals surface area contributed by atoms with Crippen LogP contribution in [0.4, 0.5) is 0 Å². The quantitative estimate of drug-likeness (QED) is 0.868. The second-order valence-electron chi connectivity index (χ2n) is 6.38. The van der Waals surface area contributed by atoms with Gasteiger partial charge in [0.25, 0.3) is 0 Å². The molecule has 1 N–H and O–H groups in total. The maximum atomic E-state index is 5.48. The van der Waals surface area contributed by atoms with Crippen LogP contribution < -0.4 is 5.32 Å². The van der Waals surface area contributed by atoms with Gasteiger partial charge < -0.3 is 10.1 Å². The van der Waals surface area contributed by atoms with Gasteiger partial charge in [0.1, 0.15) is 0 Å². The summed E-state index contributed by atoms with van der Waals surface area (Å²) >= 11 is 0. The molecule has 2 heterocycles. The number of aromatic nitrogens is 2. The lowest BCUT2D eigenvalue weighted by Crippen LogP contribution is -2.30. The highest BCUT2D eigenvalue weighted by atomic mass is 16.5. The Morgan fingerprint density at radius 1 is 1.40 bits per heavy atom. The van der Waals surface area contributed by atoms with Crippen molar-refractivity contribution in [2.45, 2.75) is 57.0 Å². The van der Waals surface area contributed by atoms with Crippen LogP contribution in [-0.4, -0.2) is 36.1 Å². The topological polar surface area (TPSA) is 39.1 Å². The Balaban J connectivity index is 1.54. The van der Waals surface area contributed by atoms with Crippen molar-refractivity contribution in [1.29, 1.82) is 0 Å². The van der Waals surface area contributed by atoms with Crippen molar-refractivity contribution in [2.24, 2.45) is 5.92 Å². The summed E-state index contributed by atoms with van der Waals surface area (Å²) in [5.41, 5.74) is 1.23. The second-order valence-corrected chi connectivity index (χ2v) is 6.38. The average molecular weight is 277 g/mol. The van der Waals surface area contributed by atoms with E-state index in [0.29, 0.717) is 12.1 Å². The smallest absolute Gasteiger partial charge is 0.0640 e. The number of hydrogen-bond donors (Lipinski definition) is 1. The minimum atomic E-state index is 0.522. The third kappa shape index (κ3) is 3.41. The van der Waals surface area contributed by atoms with Crippen molar-refractivity contribution < 1.29 is 4.74 Å². The minimum Gasteiger partial charge on any atom is -0.381 e. The van der Waals surface area contributed by atoms with E-state index in [1.54, 1.807) is 0 Å². The number of nitrogens with zero attached hydrogens (tertiary/aromatic N) is 2. The van der Waals surface area contributed by atoms with E-state index < -0.39 is 0 Å². The van der Waals surface area contributed by atoms with E-state index in [1.807, 2.05) is 0 Å². The largest absolute Gasteiger partial charge is 0.381 e. The summed E-state index contributed by atoms with van der Waals surface area (Å²) in [5.74, 6) is 0.726. The fourth-order valence-corrected chi connectivity index (χ4v) is 3.59. The van der Waals surface area contributed by atoms with Crippen LogP contribution in [0.5, 0.6) is 0 Å². The summed E-state index contributed by atoms with van der Waals surface area (Å²) in [6.07, 6.45) is 11.0. The summed E-state index contributed by atoms with van der Waals surface area (Å²) < 4.78 is 7.68. The van der Waals surface area contributed by atoms with Gasteiger partial charge in [-0.25, -0.2) is 0 Å². The van der Waals surface area contributed by atoms with Crippen LogP contribution in [0.15, 0.2) is 12.3 Å². The molecular formula is C16H27N3O. The van der Waals surface area contributed by atoms with Crippen molar-refractivity contribution in [3.8, 4) is 0 Å². The summed E-state index contributed by atoms with van der Waals surface area (Å²) in [5, 5.41) is 8.25. The van der Waals surface area contributed by atoms with E-state index in [9.17, 15) is 0 Å². The van der Waals surface area contributed by atoms with E-state index in [2.05, 4.69) is 29.3 Å². The maximum Gasteiger partial charge on any atom is 0.0640 e. The highest BCUT2D eigenvalue weighted by molar-refractivity contribution is 5.03. The summed E-state index contributed by atoms with van der Waals surface area (Å²) in [4.78, 5) is 0. The van der Waals surface area contributed by atoms with E-state index >= 15 is 0 Å². The van der Waals surface area contributed by atoms with Crippen LogP contribution in [0.25, 0.3) is 0 Å². The normalized spacial score (nSPS) is 25.4. The molecule has 4 nitrogen and oxygen atoms in total. The Morgan fingerprint density at radius 3 is 2.95 bits per heavy atom. The zero-order valence-corrected chi connectivity index (χ0v) is 12.6. The standard InChI is InChI=1S/C16H27N3O/c1-17-15(10-13-7-9-20-12-13)11-14-6-8-19(18-14)16-4-2-3-5-16/h6,8,13,15-17H,2-5,7,9-12H2,1H3. The Morgan fingerprint density at radius 2 is 2.25 bits per heavy atom. The van der Waals surface area contributed by atoms with Crippen molar-refractivity contribution in [2.75, 3.05) is 20.3 Å². The Bertz CT molecular complexity index is 406. The van der Waals surface area contributed by atoms with Gasteiger partial charge in [-0.15, -0.1) is 0 Å². The molecule has 1 aliphatic heterocycles. The van der Waals surface area contributed by atoms with Crippen LogP contribution in [-0.2, 0) is 11.2 Å². The molecule has 0 bridgehead atoms. The van der Waals surface area contributed by atoms with Crippen molar-refractivity contribution in [1.82, 2.24) is 15.1 Å². The minimum absolute atomic E-state index is 0.522. The molecule has 2 fully saturated rings. The molecule has 1 aromatic heterocycles. The Kier molecular flexibility index (Phi) is 4.73. The van der Waals surface area contributed by atoms with Crippen molar-refractivity contribution in [3.63, 3.8) is 0 Å². The number of likely N-dealkylation sites (N-methyl/N-ethyl adjacent to an activating group) is 1. The fourth-order valence-electron chi connectivity index (χ4n) is 3.59. The van der Waals surface area contributed by atoms with E-state index in [4.69, 9.17) is 9.84 Å². The number of hydrogen-bond acceptors (Lipinski definition) is 3. The van der Waals surface area contributed by atoms with E-state index in [0.717, 1.165) is 25.6 Å². The summed E-state index contributed by atoms with van der Waals surface area (Å²) in [6, 6.07) is 3.38. The Hall–Kier alpha value is -0.870. The molecule has 112 valence electrons. The summed E-state index contributed by atoms with van der Waals surface area (Å²) in [7, 11) is 2.06. The molecule has 2 unspecified atom stereocenters. The third-order valence-electron chi connectivity index (χ3n) is 4.87. The van der Waals surface area contributed by atoms with Gasteiger partial charge in [0, 0.05) is 31.9 Å². The molecule has 0 radical (unpaired) electrons. The van der Waals surface area contributed by atoms with Gasteiger partial charge in [-0.1, -0.05) is 12.8 Å². The first kappa shape index (κ1) is 14.1. The molecule has 1 aromatic rings. The second kappa shape index (κ2) is 6.72. The zero-order valence-electron chi connectivity index (χ0n) is 12.6. The van der Waals surface area contributed by atoms with Gasteiger partial charge in [-0.3, -0.25) is 4.68 Å². The monoisotopic (exact) mass is 277 g/mol. The third-order valence-corrected chi connectivity index (χ3v) is 4.87. The molecule has 2 atom stereocenters. The van der Waals surface area contributed by atoms with Gasteiger partial charge in [0.2, 0.25) is 0 Å². The first-order chi connectivity index (χ1) is 9.85. The fraction of sp³-hybridized carbons (Fsp3) is 0.812. The lowest BCUT2D eigenvalue weighted by molar-refractivity contribution is 0.181. The molecule has 0 aromatic carbocycles. The van der Waals surface area contributed by atoms with Crippen molar-refractivity contribution >= 4 is 0 Å². The van der Waals surface area contributed by atoms with Gasteiger partial charge >= 0.3 is 0 Å². The van der Waals surface area contributed by atoms with Crippen molar-refractivity contribution in [3.05, 3.63) is 18.0 Å². The lowest BCUT2D eigenvalue weighted by Gasteiger charge is -2.18. The van der Waals surface area contributed by atoms with Crippen LogP contribution >= 0.6 is 0 Å². The number of nitrogens with one attached hydrogen (secondary N) is 1. The Labute approximate surface area is 121 Å². The molecule has 0 spiro atoms. The molecular weight excluding hydrogens is 250 g/mol. The molecule has 0 amide bonds. The SMILES string of the molecule is CNC(Cc1ccn(C2CCCC2)n1)CC1CCOC1. The molecule has 1 saturated heterocycles. The van der Waals surface area contributed by atoms with Gasteiger partial charge in [0.15, 0.2) is 0 Å². The highest BCUT2D eigenvalue weighted by Gasteiger charge is 2.22. The lowest BCUT2D eigenvalue weighted by atomic mass is 9.96. The first-order valence-electron chi connectivity index (χ1n) is 8.14. The molecule has 4 heteroatoms. The molecule has 2 aliphatic rings. The highest BCUT2D eigenvalue weighted by Crippen LogP contribution is 2.29. The molecule has 20 heavy (non-hydrogen) atoms. The van der Waals surface area contributed by atoms with Gasteiger partial charge in [-0.2, -0.15) is 5.10 Å². The zero-order chi connectivity index (χ0) is 13.8. The van der Waals surface area contributed by atoms with Gasteiger partial charge in [-0.05, 0) is 44.7 Å². The molecule has 1 aliphatic carbocycles. The van der Waals surface area contributed by atoms with Crippen LogP contribution in [0.2, 0.25) is 0 Å². The average Bonchev–Trinajstić information content (AvgIpc) is 3.20. The maximum absolute atomic E-state index is 5.48. The van der Waals surface area contributed by atoms with Crippen LogP contribution in [0.3, 0.4) is 0 Å². The number of rotatable bonds is 6.